The van der Waals surface area contributed by atoms with Gasteiger partial charge in [-0.05, 0) is 100 Å². The zero-order valence-corrected chi connectivity index (χ0v) is 35.2. The van der Waals surface area contributed by atoms with Crippen LogP contribution >= 0.6 is 0 Å². The first kappa shape index (κ1) is 51.8. The molecule has 2 saturated carbocycles. The van der Waals surface area contributed by atoms with Crippen LogP contribution in [0.3, 0.4) is 0 Å². The number of aliphatic imine (C=N–C) groups is 2. The molecule has 0 bridgehead atoms. The van der Waals surface area contributed by atoms with Gasteiger partial charge in [0.05, 0.1) is 0 Å². The maximum atomic E-state index is 13.6. The minimum absolute atomic E-state index is 0. The number of rotatable bonds is 4. The van der Waals surface area contributed by atoms with Crippen LogP contribution in [0.2, 0.25) is 0 Å². The van der Waals surface area contributed by atoms with E-state index in [9.17, 15) is 54.1 Å². The number of benzene rings is 3. The van der Waals surface area contributed by atoms with Gasteiger partial charge in [-0.25, -0.2) is 43.9 Å². The second-order valence-electron chi connectivity index (χ2n) is 14.9. The fourth-order valence-electron chi connectivity index (χ4n) is 8.01. The summed E-state index contributed by atoms with van der Waals surface area (Å²) in [7, 11) is 0. The molecule has 0 aromatic heterocycles. The molecule has 4 aliphatic carbocycles. The second-order valence-corrected chi connectivity index (χ2v) is 14.9. The van der Waals surface area contributed by atoms with Crippen LogP contribution in [-0.2, 0) is 21.7 Å². The number of nitrogens with zero attached hydrogens (tertiary/aromatic N) is 2. The Labute approximate surface area is 363 Å². The van der Waals surface area contributed by atoms with Crippen molar-refractivity contribution in [3.63, 3.8) is 0 Å². The molecule has 0 aliphatic heterocycles. The minimum Gasteiger partial charge on any atom is -1.00 e. The molecule has 0 amide bonds. The van der Waals surface area contributed by atoms with Gasteiger partial charge in [-0.3, -0.25) is 9.98 Å². The molecule has 0 heterocycles. The van der Waals surface area contributed by atoms with Crippen LogP contribution in [-0.4, -0.2) is 12.4 Å². The van der Waals surface area contributed by atoms with E-state index in [1.807, 2.05) is 0 Å². The third-order valence-electron chi connectivity index (χ3n) is 11.2. The van der Waals surface area contributed by atoms with Crippen LogP contribution in [0.25, 0.3) is 0 Å². The molecule has 318 valence electrons. The predicted molar refractivity (Wildman–Crippen MR) is 188 cm³/mol. The molecule has 2 spiro atoms. The summed E-state index contributed by atoms with van der Waals surface area (Å²) in [5, 5.41) is 25.2. The van der Waals surface area contributed by atoms with E-state index < -0.39 is 80.4 Å². The third-order valence-corrected chi connectivity index (χ3v) is 11.2. The Bertz CT molecular complexity index is 1880. The fourth-order valence-corrected chi connectivity index (χ4v) is 8.01. The standard InChI is InChI=1S/2C17H16F5NO.C8H10.2ClH.Ti/c2*18-10-11(19)13(21)15(14(22)12(10)20)23-8-9-4-3-7-17(16(9)24)5-1-2-6-17;1-7-3-5-8(2)6-4-7;;;/h2*8,24H,1-7H2;3-6H,1-2H3;2*1H;/q;;;;;+4/p-4. The van der Waals surface area contributed by atoms with Gasteiger partial charge in [0.1, 0.15) is 11.4 Å². The molecule has 7 rings (SSSR count). The molecule has 0 saturated heterocycles. The van der Waals surface area contributed by atoms with Gasteiger partial charge in [0, 0.05) is 12.4 Å². The molecule has 3 aromatic rings. The molecule has 0 N–H and O–H groups in total. The van der Waals surface area contributed by atoms with Crippen LogP contribution in [0.5, 0.6) is 0 Å². The third kappa shape index (κ3) is 11.1. The van der Waals surface area contributed by atoms with Crippen molar-refractivity contribution in [2.75, 3.05) is 0 Å². The van der Waals surface area contributed by atoms with Crippen molar-refractivity contribution in [1.29, 1.82) is 0 Å². The summed E-state index contributed by atoms with van der Waals surface area (Å²) in [6, 6.07) is 8.48. The first-order valence-corrected chi connectivity index (χ1v) is 18.5. The van der Waals surface area contributed by atoms with E-state index >= 15 is 0 Å². The van der Waals surface area contributed by atoms with Crippen molar-refractivity contribution in [1.82, 2.24) is 0 Å². The molecule has 3 aromatic carbocycles. The number of hydrogen-bond donors (Lipinski definition) is 0. The fraction of sp³-hybridized carbons (Fsp3) is 0.429. The first-order chi connectivity index (χ1) is 26.5. The van der Waals surface area contributed by atoms with E-state index in [1.165, 1.54) is 11.1 Å². The molecule has 0 radical (unpaired) electrons. The molecule has 4 aliphatic rings. The quantitative estimate of drug-likeness (QED) is 0.119. The van der Waals surface area contributed by atoms with Gasteiger partial charge in [0.2, 0.25) is 11.6 Å². The maximum absolute atomic E-state index is 13.6. The van der Waals surface area contributed by atoms with Gasteiger partial charge >= 0.3 is 21.7 Å². The summed E-state index contributed by atoms with van der Waals surface area (Å²) >= 11 is 0. The average Bonchev–Trinajstić information content (AvgIpc) is 3.88. The van der Waals surface area contributed by atoms with Crippen LogP contribution < -0.4 is 35.0 Å². The van der Waals surface area contributed by atoms with E-state index in [-0.39, 0.29) is 69.2 Å². The van der Waals surface area contributed by atoms with Gasteiger partial charge < -0.3 is 35.0 Å². The van der Waals surface area contributed by atoms with Crippen molar-refractivity contribution in [2.45, 2.75) is 104 Å². The Kier molecular flexibility index (Phi) is 19.3. The molecule has 59 heavy (non-hydrogen) atoms. The van der Waals surface area contributed by atoms with E-state index in [0.717, 1.165) is 89.5 Å². The molecule has 2 fully saturated rings. The zero-order chi connectivity index (χ0) is 40.9. The van der Waals surface area contributed by atoms with Gasteiger partial charge in [-0.1, -0.05) is 61.1 Å². The van der Waals surface area contributed by atoms with Crippen molar-refractivity contribution in [3.8, 4) is 0 Å². The molecule has 4 nitrogen and oxygen atoms in total. The van der Waals surface area contributed by atoms with Crippen LogP contribution in [0.1, 0.15) is 101 Å². The maximum Gasteiger partial charge on any atom is 4.00 e. The van der Waals surface area contributed by atoms with E-state index in [0.29, 0.717) is 12.8 Å². The number of hydrogen-bond acceptors (Lipinski definition) is 4. The number of aryl methyl sites for hydroxylation is 2. The summed E-state index contributed by atoms with van der Waals surface area (Å²) in [6.07, 6.45) is 12.6. The molecule has 0 unspecified atom stereocenters. The monoisotopic (exact) mass is 912 g/mol. The van der Waals surface area contributed by atoms with Crippen molar-refractivity contribution in [2.24, 2.45) is 20.8 Å². The van der Waals surface area contributed by atoms with Gasteiger partial charge in [-0.15, -0.1) is 11.5 Å². The first-order valence-electron chi connectivity index (χ1n) is 18.5. The summed E-state index contributed by atoms with van der Waals surface area (Å²) in [4.78, 5) is 6.83. The minimum atomic E-state index is -2.23. The van der Waals surface area contributed by atoms with Crippen molar-refractivity contribution >= 4 is 23.8 Å². The topological polar surface area (TPSA) is 70.8 Å². The van der Waals surface area contributed by atoms with Gasteiger partial charge in [-0.2, -0.15) is 0 Å². The summed E-state index contributed by atoms with van der Waals surface area (Å²) in [5.41, 5.74) is -0.174. The Morgan fingerprint density at radius 1 is 0.441 bits per heavy atom. The summed E-state index contributed by atoms with van der Waals surface area (Å²) < 4.78 is 133. The smallest absolute Gasteiger partial charge is 1.00 e. The molecular weight excluding hydrogens is 873 g/mol. The van der Waals surface area contributed by atoms with Gasteiger partial charge in [0.25, 0.3) is 0 Å². The Morgan fingerprint density at radius 2 is 0.678 bits per heavy atom. The Balaban J connectivity index is 0.000000329. The number of halogens is 12. The predicted octanol–water partition coefficient (Wildman–Crippen LogP) is 5.20. The molecular formula is C42H40Cl2F10N2O2Ti. The normalized spacial score (nSPS) is 18.0. The Morgan fingerprint density at radius 3 is 0.949 bits per heavy atom. The van der Waals surface area contributed by atoms with Crippen LogP contribution in [0, 0.1) is 82.8 Å². The average molecular weight is 914 g/mol. The van der Waals surface area contributed by atoms with E-state index in [4.69, 9.17) is 0 Å². The van der Waals surface area contributed by atoms with Gasteiger partial charge in [0.15, 0.2) is 46.5 Å². The second kappa shape index (κ2) is 22.0. The van der Waals surface area contributed by atoms with Crippen molar-refractivity contribution < 1.29 is 101 Å². The zero-order valence-electron chi connectivity index (χ0n) is 32.1. The number of allylic oxidation sites excluding steroid dienone is 4. The van der Waals surface area contributed by atoms with E-state index in [1.54, 1.807) is 0 Å². The SMILES string of the molecule is Cc1ccc(C)cc1.[Cl-].[Cl-].[O-]C1=C(C=Nc2c(F)c(F)c(F)c(F)c2F)CCCC12CCCC2.[O-]C1=C(C=Nc2c(F)c(F)c(F)c(F)c2F)CCCC12CCCC2.[Ti+4]. The van der Waals surface area contributed by atoms with Crippen molar-refractivity contribution in [3.05, 3.63) is 116 Å². The summed E-state index contributed by atoms with van der Waals surface area (Å²) in [5.74, 6) is -20.9. The van der Waals surface area contributed by atoms with E-state index in [2.05, 4.69) is 48.1 Å². The van der Waals surface area contributed by atoms with Crippen LogP contribution in [0.15, 0.2) is 56.9 Å². The molecule has 17 heteroatoms. The summed E-state index contributed by atoms with van der Waals surface area (Å²) in [6.45, 7) is 4.19. The largest absolute Gasteiger partial charge is 4.00 e. The van der Waals surface area contributed by atoms with Crippen LogP contribution in [0.4, 0.5) is 55.3 Å². The molecule has 0 atom stereocenters. The Hall–Kier alpha value is -3.33.